The second-order valence-corrected chi connectivity index (χ2v) is 9.62. The number of benzene rings is 1. The highest BCUT2D eigenvalue weighted by Crippen LogP contribution is 2.43. The van der Waals surface area contributed by atoms with E-state index in [0.717, 1.165) is 18.4 Å². The first kappa shape index (κ1) is 27.2. The van der Waals surface area contributed by atoms with Gasteiger partial charge < -0.3 is 34.9 Å². The molecule has 0 spiro atoms. The van der Waals surface area contributed by atoms with Crippen molar-refractivity contribution in [1.29, 1.82) is 0 Å². The van der Waals surface area contributed by atoms with Gasteiger partial charge in [-0.2, -0.15) is 0 Å². The Hall–Kier alpha value is -2.03. The first-order valence-corrected chi connectivity index (χ1v) is 11.8. The highest BCUT2D eigenvalue weighted by molar-refractivity contribution is 5.70. The number of carboxylic acid groups (broad SMARTS) is 1. The van der Waals surface area contributed by atoms with Crippen LogP contribution in [0.1, 0.15) is 52.5 Å². The van der Waals surface area contributed by atoms with Crippen LogP contribution in [0.3, 0.4) is 0 Å². The van der Waals surface area contributed by atoms with E-state index >= 15 is 0 Å². The molecule has 33 heavy (non-hydrogen) atoms. The van der Waals surface area contributed by atoms with E-state index in [4.69, 9.17) is 24.7 Å². The van der Waals surface area contributed by atoms with Crippen LogP contribution in [0.25, 0.3) is 0 Å². The molecule has 0 fully saturated rings. The predicted molar refractivity (Wildman–Crippen MR) is 126 cm³/mol. The molecule has 0 saturated heterocycles. The van der Waals surface area contributed by atoms with Crippen LogP contribution >= 0.6 is 0 Å². The van der Waals surface area contributed by atoms with Gasteiger partial charge in [-0.25, -0.2) is 0 Å². The van der Waals surface area contributed by atoms with E-state index in [1.54, 1.807) is 7.11 Å². The summed E-state index contributed by atoms with van der Waals surface area (Å²) in [5.74, 6) is 0.884. The number of fused-ring (bicyclic) bond motifs is 1. The fourth-order valence-electron chi connectivity index (χ4n) is 4.14. The SMILES string of the molecule is COCCCOc1cc(C[C@@H](C[C@H](N)[C@@H](O)C[C@H](C(=O)O)C(C)C)C(C)C)cc2c1OCO2. The molecule has 0 amide bonds. The fourth-order valence-corrected chi connectivity index (χ4v) is 4.14. The van der Waals surface area contributed by atoms with Gasteiger partial charge in [0.1, 0.15) is 0 Å². The van der Waals surface area contributed by atoms with Crippen molar-refractivity contribution in [2.24, 2.45) is 29.4 Å². The van der Waals surface area contributed by atoms with Gasteiger partial charge in [0.15, 0.2) is 11.5 Å². The summed E-state index contributed by atoms with van der Waals surface area (Å²) in [7, 11) is 1.66. The molecule has 0 bridgehead atoms. The maximum absolute atomic E-state index is 11.5. The summed E-state index contributed by atoms with van der Waals surface area (Å²) in [4.78, 5) is 11.5. The second kappa shape index (κ2) is 13.0. The largest absolute Gasteiger partial charge is 0.489 e. The molecular weight excluding hydrogens is 426 g/mol. The summed E-state index contributed by atoms with van der Waals surface area (Å²) in [6.07, 6.45) is 1.37. The molecule has 0 radical (unpaired) electrons. The smallest absolute Gasteiger partial charge is 0.306 e. The van der Waals surface area contributed by atoms with Gasteiger partial charge in [-0.05, 0) is 54.7 Å². The summed E-state index contributed by atoms with van der Waals surface area (Å²) >= 11 is 0. The number of aliphatic hydroxyl groups is 1. The summed E-state index contributed by atoms with van der Waals surface area (Å²) in [5.41, 5.74) is 7.40. The lowest BCUT2D eigenvalue weighted by Gasteiger charge is -2.29. The molecule has 1 aliphatic heterocycles. The third kappa shape index (κ3) is 8.05. The molecule has 1 heterocycles. The average Bonchev–Trinajstić information content (AvgIpc) is 3.22. The maximum atomic E-state index is 11.5. The third-order valence-electron chi connectivity index (χ3n) is 6.38. The number of carboxylic acids is 1. The maximum Gasteiger partial charge on any atom is 0.306 e. The minimum absolute atomic E-state index is 0.0683. The van der Waals surface area contributed by atoms with Gasteiger partial charge in [0.2, 0.25) is 12.5 Å². The molecule has 0 aliphatic carbocycles. The van der Waals surface area contributed by atoms with Gasteiger partial charge >= 0.3 is 5.97 Å². The summed E-state index contributed by atoms with van der Waals surface area (Å²) in [6, 6.07) is 3.45. The van der Waals surface area contributed by atoms with Crippen molar-refractivity contribution in [3.8, 4) is 17.2 Å². The molecule has 4 N–H and O–H groups in total. The molecule has 1 aromatic rings. The number of nitrogens with two attached hydrogens (primary N) is 1. The van der Waals surface area contributed by atoms with Crippen LogP contribution in [0, 0.1) is 23.7 Å². The molecule has 0 aromatic heterocycles. The van der Waals surface area contributed by atoms with Gasteiger partial charge in [0, 0.05) is 26.2 Å². The second-order valence-electron chi connectivity index (χ2n) is 9.62. The fraction of sp³-hybridized carbons (Fsp3) is 0.720. The topological polar surface area (TPSA) is 120 Å². The quantitative estimate of drug-likeness (QED) is 0.335. The van der Waals surface area contributed by atoms with E-state index in [1.165, 1.54) is 0 Å². The number of rotatable bonds is 15. The van der Waals surface area contributed by atoms with Crippen LogP contribution in [0.5, 0.6) is 17.2 Å². The highest BCUT2D eigenvalue weighted by Gasteiger charge is 2.30. The Labute approximate surface area is 197 Å². The van der Waals surface area contributed by atoms with Crippen LogP contribution < -0.4 is 19.9 Å². The molecule has 1 aromatic carbocycles. The lowest BCUT2D eigenvalue weighted by Crippen LogP contribution is -2.40. The van der Waals surface area contributed by atoms with E-state index < -0.39 is 24.0 Å². The number of ether oxygens (including phenoxy) is 4. The van der Waals surface area contributed by atoms with E-state index in [9.17, 15) is 15.0 Å². The number of methoxy groups -OCH3 is 1. The van der Waals surface area contributed by atoms with E-state index in [1.807, 2.05) is 26.0 Å². The van der Waals surface area contributed by atoms with E-state index in [2.05, 4.69) is 13.8 Å². The van der Waals surface area contributed by atoms with Crippen molar-refractivity contribution >= 4 is 5.97 Å². The molecule has 8 nitrogen and oxygen atoms in total. The Balaban J connectivity index is 2.08. The zero-order valence-corrected chi connectivity index (χ0v) is 20.6. The van der Waals surface area contributed by atoms with Crippen molar-refractivity contribution in [2.75, 3.05) is 27.1 Å². The minimum atomic E-state index is -0.893. The highest BCUT2D eigenvalue weighted by atomic mass is 16.7. The van der Waals surface area contributed by atoms with Gasteiger partial charge in [-0.1, -0.05) is 27.7 Å². The molecule has 188 valence electrons. The Kier molecular flexibility index (Phi) is 10.7. The monoisotopic (exact) mass is 467 g/mol. The zero-order valence-electron chi connectivity index (χ0n) is 20.6. The van der Waals surface area contributed by atoms with Gasteiger partial charge in [0.25, 0.3) is 0 Å². The van der Waals surface area contributed by atoms with Gasteiger partial charge in [-0.3, -0.25) is 4.79 Å². The van der Waals surface area contributed by atoms with Crippen LogP contribution in [-0.4, -0.2) is 55.4 Å². The first-order valence-electron chi connectivity index (χ1n) is 11.8. The van der Waals surface area contributed by atoms with Crippen molar-refractivity contribution < 1.29 is 34.0 Å². The lowest BCUT2D eigenvalue weighted by molar-refractivity contribution is -0.144. The molecule has 0 unspecified atom stereocenters. The van der Waals surface area contributed by atoms with Crippen molar-refractivity contribution in [1.82, 2.24) is 0 Å². The van der Waals surface area contributed by atoms with Crippen molar-refractivity contribution in [3.05, 3.63) is 17.7 Å². The number of aliphatic hydroxyl groups excluding tert-OH is 1. The molecule has 0 saturated carbocycles. The standard InChI is InChI=1S/C25H41NO7/c1-15(2)18(12-20(26)21(27)13-19(16(3)4)25(28)29)9-17-10-22(31-8-6-7-30-5)24-23(11-17)32-14-33-24/h10-11,15-16,18-21,27H,6-9,12-14,26H2,1-5H3,(H,28,29)/t18-,19-,20-,21-/m0/s1. The Bertz CT molecular complexity index is 753. The lowest BCUT2D eigenvalue weighted by atomic mass is 9.81. The molecular formula is C25H41NO7. The van der Waals surface area contributed by atoms with Crippen LogP contribution in [0.4, 0.5) is 0 Å². The van der Waals surface area contributed by atoms with Crippen LogP contribution in [0.2, 0.25) is 0 Å². The number of aliphatic carboxylic acids is 1. The summed E-state index contributed by atoms with van der Waals surface area (Å²) in [5, 5.41) is 20.1. The van der Waals surface area contributed by atoms with Crippen molar-refractivity contribution in [3.63, 3.8) is 0 Å². The molecule has 1 aliphatic rings. The average molecular weight is 468 g/mol. The third-order valence-corrected chi connectivity index (χ3v) is 6.38. The van der Waals surface area contributed by atoms with Crippen LogP contribution in [-0.2, 0) is 16.0 Å². The Morgan fingerprint density at radius 2 is 1.85 bits per heavy atom. The summed E-state index contributed by atoms with van der Waals surface area (Å²) < 4.78 is 22.2. The predicted octanol–water partition coefficient (Wildman–Crippen LogP) is 3.47. The zero-order chi connectivity index (χ0) is 24.5. The first-order chi connectivity index (χ1) is 15.6. The van der Waals surface area contributed by atoms with Crippen LogP contribution in [0.15, 0.2) is 12.1 Å². The number of hydrogen-bond donors (Lipinski definition) is 3. The van der Waals surface area contributed by atoms with Crippen molar-refractivity contribution in [2.45, 2.75) is 65.5 Å². The minimum Gasteiger partial charge on any atom is -0.489 e. The van der Waals surface area contributed by atoms with E-state index in [-0.39, 0.29) is 25.0 Å². The molecule has 4 atom stereocenters. The van der Waals surface area contributed by atoms with Gasteiger partial charge in [-0.15, -0.1) is 0 Å². The van der Waals surface area contributed by atoms with Gasteiger partial charge in [0.05, 0.1) is 18.6 Å². The number of carbonyl (C=O) groups is 1. The summed E-state index contributed by atoms with van der Waals surface area (Å²) in [6.45, 7) is 9.26. The molecule has 8 heteroatoms. The normalized spacial score (nSPS) is 16.6. The Morgan fingerprint density at radius 3 is 2.45 bits per heavy atom. The number of hydrogen-bond acceptors (Lipinski definition) is 7. The van der Waals surface area contributed by atoms with E-state index in [0.29, 0.717) is 42.8 Å². The molecule has 2 rings (SSSR count). The Morgan fingerprint density at radius 1 is 1.12 bits per heavy atom.